The predicted molar refractivity (Wildman–Crippen MR) is 37.3 cm³/mol. The van der Waals surface area contributed by atoms with Crippen molar-refractivity contribution >= 4 is 0 Å². The van der Waals surface area contributed by atoms with Crippen LogP contribution in [0.15, 0.2) is 0 Å². The largest absolute Gasteiger partial charge is 0.354 e. The summed E-state index contributed by atoms with van der Waals surface area (Å²) in [7, 11) is 0. The number of rotatable bonds is 4. The molecule has 1 atom stereocenters. The normalized spacial score (nSPS) is 32.7. The molecule has 1 rings (SSSR count). The van der Waals surface area contributed by atoms with E-state index in [1.54, 1.807) is 0 Å². The van der Waals surface area contributed by atoms with E-state index in [4.69, 9.17) is 4.74 Å². The number of nitrogens with one attached hydrogen (secondary N) is 1. The molecule has 0 amide bonds. The first-order chi connectivity index (χ1) is 4.33. The van der Waals surface area contributed by atoms with Crippen molar-refractivity contribution in [2.24, 2.45) is 0 Å². The van der Waals surface area contributed by atoms with Crippen LogP contribution in [0.5, 0.6) is 0 Å². The molecule has 0 aromatic rings. The van der Waals surface area contributed by atoms with Crippen LogP contribution in [0, 0.1) is 0 Å². The summed E-state index contributed by atoms with van der Waals surface area (Å²) in [4.78, 5) is 0. The average Bonchev–Trinajstić information content (AvgIpc) is 2.51. The second-order valence-corrected chi connectivity index (χ2v) is 2.56. The maximum absolute atomic E-state index is 5.27. The van der Waals surface area contributed by atoms with Gasteiger partial charge in [-0.3, -0.25) is 5.32 Å². The van der Waals surface area contributed by atoms with Crippen molar-refractivity contribution in [3.63, 3.8) is 0 Å². The van der Waals surface area contributed by atoms with Gasteiger partial charge in [0.05, 0.1) is 6.61 Å². The van der Waals surface area contributed by atoms with Crippen LogP contribution in [-0.4, -0.2) is 18.9 Å². The minimum atomic E-state index is 0.101. The summed E-state index contributed by atoms with van der Waals surface area (Å²) in [6.07, 6.45) is 2.36. The minimum Gasteiger partial charge on any atom is -0.354 e. The Morgan fingerprint density at radius 2 is 2.22 bits per heavy atom. The molecule has 2 heteroatoms. The molecular formula is C7H15NO. The molecule has 0 bridgehead atoms. The quantitative estimate of drug-likeness (QED) is 0.575. The van der Waals surface area contributed by atoms with Crippen molar-refractivity contribution in [2.45, 2.75) is 32.4 Å². The van der Waals surface area contributed by atoms with E-state index >= 15 is 0 Å². The zero-order chi connectivity index (χ0) is 6.74. The molecule has 0 aliphatic carbocycles. The number of epoxide rings is 1. The Morgan fingerprint density at radius 3 is 2.56 bits per heavy atom. The second-order valence-electron chi connectivity index (χ2n) is 2.56. The Labute approximate surface area is 56.6 Å². The van der Waals surface area contributed by atoms with Gasteiger partial charge in [-0.05, 0) is 13.0 Å². The molecule has 0 spiro atoms. The van der Waals surface area contributed by atoms with Gasteiger partial charge in [-0.2, -0.15) is 0 Å². The molecule has 1 unspecified atom stereocenters. The van der Waals surface area contributed by atoms with E-state index in [1.165, 1.54) is 6.42 Å². The van der Waals surface area contributed by atoms with Crippen LogP contribution in [0.2, 0.25) is 0 Å². The number of ether oxygens (including phenoxy) is 1. The molecule has 1 N–H and O–H groups in total. The lowest BCUT2D eigenvalue weighted by Crippen LogP contribution is -2.32. The van der Waals surface area contributed by atoms with E-state index < -0.39 is 0 Å². The van der Waals surface area contributed by atoms with Gasteiger partial charge in [0.1, 0.15) is 5.72 Å². The Balaban J connectivity index is 2.17. The third kappa shape index (κ3) is 1.66. The van der Waals surface area contributed by atoms with Crippen LogP contribution in [0.25, 0.3) is 0 Å². The molecule has 1 aliphatic heterocycles. The molecule has 1 saturated heterocycles. The predicted octanol–water partition coefficient (Wildman–Crippen LogP) is 1.12. The van der Waals surface area contributed by atoms with E-state index in [1.807, 2.05) is 0 Å². The van der Waals surface area contributed by atoms with Gasteiger partial charge in [0.15, 0.2) is 0 Å². The minimum absolute atomic E-state index is 0.101. The third-order valence-electron chi connectivity index (χ3n) is 1.65. The molecule has 2 nitrogen and oxygen atoms in total. The molecule has 1 fully saturated rings. The Bertz CT molecular complexity index is 80.9. The lowest BCUT2D eigenvalue weighted by atomic mass is 10.2. The molecule has 1 aliphatic rings. The van der Waals surface area contributed by atoms with Gasteiger partial charge in [0.25, 0.3) is 0 Å². The summed E-state index contributed by atoms with van der Waals surface area (Å²) in [6.45, 7) is 6.22. The van der Waals surface area contributed by atoms with E-state index in [0.29, 0.717) is 0 Å². The Kier molecular flexibility index (Phi) is 2.09. The summed E-state index contributed by atoms with van der Waals surface area (Å²) in [5, 5.41) is 3.31. The molecule has 9 heavy (non-hydrogen) atoms. The zero-order valence-electron chi connectivity index (χ0n) is 6.24. The smallest absolute Gasteiger partial charge is 0.143 e. The second kappa shape index (κ2) is 2.67. The van der Waals surface area contributed by atoms with Crippen LogP contribution in [0.3, 0.4) is 0 Å². The fourth-order valence-corrected chi connectivity index (χ4v) is 1.15. The highest BCUT2D eigenvalue weighted by Crippen LogP contribution is 2.28. The van der Waals surface area contributed by atoms with Crippen molar-refractivity contribution in [3.05, 3.63) is 0 Å². The van der Waals surface area contributed by atoms with Crippen molar-refractivity contribution < 1.29 is 4.74 Å². The first-order valence-corrected chi connectivity index (χ1v) is 3.72. The fourth-order valence-electron chi connectivity index (χ4n) is 1.15. The van der Waals surface area contributed by atoms with Crippen LogP contribution in [-0.2, 0) is 4.74 Å². The topological polar surface area (TPSA) is 24.6 Å². The third-order valence-corrected chi connectivity index (χ3v) is 1.65. The maximum Gasteiger partial charge on any atom is 0.143 e. The first-order valence-electron chi connectivity index (χ1n) is 3.72. The zero-order valence-corrected chi connectivity index (χ0v) is 6.24. The average molecular weight is 129 g/mol. The molecule has 0 aromatic heterocycles. The van der Waals surface area contributed by atoms with Crippen LogP contribution < -0.4 is 5.32 Å². The van der Waals surface area contributed by atoms with Gasteiger partial charge >= 0.3 is 0 Å². The van der Waals surface area contributed by atoms with Crippen molar-refractivity contribution in [1.82, 2.24) is 5.32 Å². The van der Waals surface area contributed by atoms with Crippen LogP contribution in [0.4, 0.5) is 0 Å². The van der Waals surface area contributed by atoms with Crippen molar-refractivity contribution in [3.8, 4) is 0 Å². The van der Waals surface area contributed by atoms with Gasteiger partial charge in [-0.15, -0.1) is 0 Å². The molecule has 1 heterocycles. The summed E-state index contributed by atoms with van der Waals surface area (Å²) < 4.78 is 5.27. The standard InChI is InChI=1S/C7H15NO/c1-3-5-7(6-9-7)8-4-2/h8H,3-6H2,1-2H3. The summed E-state index contributed by atoms with van der Waals surface area (Å²) in [6, 6.07) is 0. The van der Waals surface area contributed by atoms with Gasteiger partial charge in [-0.25, -0.2) is 0 Å². The van der Waals surface area contributed by atoms with Gasteiger partial charge < -0.3 is 4.74 Å². The Hall–Kier alpha value is -0.0800. The van der Waals surface area contributed by atoms with Gasteiger partial charge in [-0.1, -0.05) is 20.3 Å². The van der Waals surface area contributed by atoms with Crippen LogP contribution in [0.1, 0.15) is 26.7 Å². The lowest BCUT2D eigenvalue weighted by molar-refractivity contribution is 0.243. The summed E-state index contributed by atoms with van der Waals surface area (Å²) >= 11 is 0. The maximum atomic E-state index is 5.27. The first kappa shape index (κ1) is 7.03. The summed E-state index contributed by atoms with van der Waals surface area (Å²) in [5.74, 6) is 0. The SMILES string of the molecule is CCCC1(NCC)CO1. The molecule has 0 aromatic carbocycles. The van der Waals surface area contributed by atoms with E-state index in [0.717, 1.165) is 19.6 Å². The Morgan fingerprint density at radius 1 is 1.56 bits per heavy atom. The summed E-state index contributed by atoms with van der Waals surface area (Å²) in [5.41, 5.74) is 0.101. The number of hydrogen-bond acceptors (Lipinski definition) is 2. The number of likely N-dealkylation sites (N-methyl/N-ethyl adjacent to an activating group) is 1. The highest BCUT2D eigenvalue weighted by atomic mass is 16.6. The molecule has 0 radical (unpaired) electrons. The van der Waals surface area contributed by atoms with E-state index in [-0.39, 0.29) is 5.72 Å². The van der Waals surface area contributed by atoms with E-state index in [9.17, 15) is 0 Å². The van der Waals surface area contributed by atoms with E-state index in [2.05, 4.69) is 19.2 Å². The molecule has 54 valence electrons. The van der Waals surface area contributed by atoms with Crippen molar-refractivity contribution in [1.29, 1.82) is 0 Å². The van der Waals surface area contributed by atoms with Crippen LogP contribution >= 0.6 is 0 Å². The fraction of sp³-hybridized carbons (Fsp3) is 1.00. The van der Waals surface area contributed by atoms with Gasteiger partial charge in [0, 0.05) is 0 Å². The van der Waals surface area contributed by atoms with Crippen molar-refractivity contribution in [2.75, 3.05) is 13.2 Å². The van der Waals surface area contributed by atoms with Gasteiger partial charge in [0.2, 0.25) is 0 Å². The highest BCUT2D eigenvalue weighted by molar-refractivity contribution is 4.87. The monoisotopic (exact) mass is 129 g/mol. The highest BCUT2D eigenvalue weighted by Gasteiger charge is 2.42. The molecule has 0 saturated carbocycles. The molecular weight excluding hydrogens is 114 g/mol. The lowest BCUT2D eigenvalue weighted by Gasteiger charge is -2.09. The number of hydrogen-bond donors (Lipinski definition) is 1.